The Morgan fingerprint density at radius 3 is 2.28 bits per heavy atom. The maximum atomic E-state index is 11.9. The average molecular weight is 252 g/mol. The fourth-order valence-electron chi connectivity index (χ4n) is 1.45. The number of carbonyl (C=O) groups is 1. The summed E-state index contributed by atoms with van der Waals surface area (Å²) in [5, 5.41) is 2.80. The highest BCUT2D eigenvalue weighted by Crippen LogP contribution is 2.22. The van der Waals surface area contributed by atoms with Crippen LogP contribution in [-0.2, 0) is 0 Å². The van der Waals surface area contributed by atoms with Crippen LogP contribution >= 0.6 is 0 Å². The largest absolute Gasteiger partial charge is 0.497 e. The Morgan fingerprint density at radius 1 is 1.28 bits per heavy atom. The minimum Gasteiger partial charge on any atom is -0.497 e. The fraction of sp³-hybridized carbons (Fsp3) is 0.462. The van der Waals surface area contributed by atoms with Crippen molar-refractivity contribution in [2.75, 3.05) is 20.8 Å². The Labute approximate surface area is 107 Å². The zero-order chi connectivity index (χ0) is 13.5. The van der Waals surface area contributed by atoms with Crippen LogP contribution in [0.15, 0.2) is 18.2 Å². The zero-order valence-corrected chi connectivity index (χ0v) is 11.0. The molecule has 1 amide bonds. The van der Waals surface area contributed by atoms with Crippen molar-refractivity contribution in [3.05, 3.63) is 23.8 Å². The number of carbonyl (C=O) groups excluding carboxylic acids is 1. The number of hydrogen-bond donors (Lipinski definition) is 2. The number of methoxy groups -OCH3 is 2. The van der Waals surface area contributed by atoms with Crippen molar-refractivity contribution in [3.63, 3.8) is 0 Å². The van der Waals surface area contributed by atoms with Crippen molar-refractivity contribution in [2.24, 2.45) is 5.73 Å². The monoisotopic (exact) mass is 252 g/mol. The molecule has 5 heteroatoms. The summed E-state index contributed by atoms with van der Waals surface area (Å²) in [5.41, 5.74) is 6.13. The van der Waals surface area contributed by atoms with Gasteiger partial charge in [-0.3, -0.25) is 4.79 Å². The van der Waals surface area contributed by atoms with Gasteiger partial charge in [0.1, 0.15) is 11.5 Å². The molecule has 18 heavy (non-hydrogen) atoms. The summed E-state index contributed by atoms with van der Waals surface area (Å²) < 4.78 is 10.2. The molecule has 0 aliphatic heterocycles. The molecule has 1 aromatic carbocycles. The van der Waals surface area contributed by atoms with Crippen LogP contribution in [0.1, 0.15) is 23.7 Å². The lowest BCUT2D eigenvalue weighted by Gasteiger charge is -2.10. The highest BCUT2D eigenvalue weighted by Gasteiger charge is 2.09. The second-order valence-corrected chi connectivity index (χ2v) is 4.12. The SMILES string of the molecule is COc1cc(OC)cc(C(=O)NCCC(C)N)c1. The Hall–Kier alpha value is -1.75. The summed E-state index contributed by atoms with van der Waals surface area (Å²) in [6, 6.07) is 5.14. The molecule has 0 spiro atoms. The first-order valence-corrected chi connectivity index (χ1v) is 5.83. The first kappa shape index (κ1) is 14.3. The van der Waals surface area contributed by atoms with Crippen LogP contribution in [0.3, 0.4) is 0 Å². The Bertz CT molecular complexity index is 383. The molecule has 0 aliphatic carbocycles. The van der Waals surface area contributed by atoms with E-state index in [2.05, 4.69) is 5.32 Å². The van der Waals surface area contributed by atoms with Gasteiger partial charge < -0.3 is 20.5 Å². The first-order chi connectivity index (χ1) is 8.56. The van der Waals surface area contributed by atoms with Crippen LogP contribution in [0.4, 0.5) is 0 Å². The van der Waals surface area contributed by atoms with E-state index in [1.165, 1.54) is 0 Å². The molecule has 3 N–H and O–H groups in total. The van der Waals surface area contributed by atoms with E-state index < -0.39 is 0 Å². The summed E-state index contributed by atoms with van der Waals surface area (Å²) in [7, 11) is 3.10. The number of rotatable bonds is 6. The maximum Gasteiger partial charge on any atom is 0.251 e. The summed E-state index contributed by atoms with van der Waals surface area (Å²) in [4.78, 5) is 11.9. The molecular weight excluding hydrogens is 232 g/mol. The summed E-state index contributed by atoms with van der Waals surface area (Å²) >= 11 is 0. The molecule has 1 aromatic rings. The van der Waals surface area contributed by atoms with Gasteiger partial charge in [-0.1, -0.05) is 0 Å². The van der Waals surface area contributed by atoms with E-state index in [0.29, 0.717) is 23.6 Å². The van der Waals surface area contributed by atoms with Crippen molar-refractivity contribution < 1.29 is 14.3 Å². The van der Waals surface area contributed by atoms with Crippen molar-refractivity contribution in [2.45, 2.75) is 19.4 Å². The summed E-state index contributed by atoms with van der Waals surface area (Å²) in [6.45, 7) is 2.46. The molecule has 0 saturated heterocycles. The molecule has 0 radical (unpaired) electrons. The number of ether oxygens (including phenoxy) is 2. The van der Waals surface area contributed by atoms with Gasteiger partial charge in [0.25, 0.3) is 5.91 Å². The van der Waals surface area contributed by atoms with Crippen LogP contribution in [0.2, 0.25) is 0 Å². The van der Waals surface area contributed by atoms with Gasteiger partial charge in [-0.2, -0.15) is 0 Å². The molecule has 1 atom stereocenters. The van der Waals surface area contributed by atoms with Gasteiger partial charge in [0.15, 0.2) is 0 Å². The molecule has 0 fully saturated rings. The van der Waals surface area contributed by atoms with Crippen molar-refractivity contribution in [3.8, 4) is 11.5 Å². The van der Waals surface area contributed by atoms with Gasteiger partial charge in [0.2, 0.25) is 0 Å². The first-order valence-electron chi connectivity index (χ1n) is 5.83. The second-order valence-electron chi connectivity index (χ2n) is 4.12. The standard InChI is InChI=1S/C13H20N2O3/c1-9(14)4-5-15-13(16)10-6-11(17-2)8-12(7-10)18-3/h6-9H,4-5,14H2,1-3H3,(H,15,16). The number of benzene rings is 1. The predicted molar refractivity (Wildman–Crippen MR) is 70.1 cm³/mol. The van der Waals surface area contributed by atoms with Gasteiger partial charge in [-0.05, 0) is 25.5 Å². The Morgan fingerprint density at radius 2 is 1.83 bits per heavy atom. The normalized spacial score (nSPS) is 11.8. The van der Waals surface area contributed by atoms with Crippen LogP contribution in [0.25, 0.3) is 0 Å². The number of nitrogens with one attached hydrogen (secondary N) is 1. The summed E-state index contributed by atoms with van der Waals surface area (Å²) in [5.74, 6) is 1.02. The minimum absolute atomic E-state index is 0.0742. The van der Waals surface area contributed by atoms with E-state index in [1.807, 2.05) is 6.92 Å². The van der Waals surface area contributed by atoms with Crippen molar-refractivity contribution >= 4 is 5.91 Å². The van der Waals surface area contributed by atoms with Gasteiger partial charge in [0, 0.05) is 24.2 Å². The van der Waals surface area contributed by atoms with E-state index in [4.69, 9.17) is 15.2 Å². The highest BCUT2D eigenvalue weighted by atomic mass is 16.5. The molecule has 0 bridgehead atoms. The van der Waals surface area contributed by atoms with Crippen molar-refractivity contribution in [1.29, 1.82) is 0 Å². The minimum atomic E-state index is -0.159. The van der Waals surface area contributed by atoms with Crippen molar-refractivity contribution in [1.82, 2.24) is 5.32 Å². The van der Waals surface area contributed by atoms with Gasteiger partial charge in [-0.15, -0.1) is 0 Å². The van der Waals surface area contributed by atoms with Gasteiger partial charge in [0.05, 0.1) is 14.2 Å². The lowest BCUT2D eigenvalue weighted by molar-refractivity contribution is 0.0952. The third kappa shape index (κ3) is 4.25. The highest BCUT2D eigenvalue weighted by molar-refractivity contribution is 5.95. The molecule has 5 nitrogen and oxygen atoms in total. The third-order valence-corrected chi connectivity index (χ3v) is 2.50. The molecular formula is C13H20N2O3. The molecule has 0 saturated carbocycles. The predicted octanol–water partition coefficient (Wildman–Crippen LogP) is 1.17. The molecule has 0 heterocycles. The van der Waals surface area contributed by atoms with E-state index in [0.717, 1.165) is 6.42 Å². The van der Waals surface area contributed by atoms with Gasteiger partial charge >= 0.3 is 0 Å². The Kier molecular flexibility index (Phi) is 5.45. The fourth-order valence-corrected chi connectivity index (χ4v) is 1.45. The molecule has 1 unspecified atom stereocenters. The Balaban J connectivity index is 2.72. The molecule has 1 rings (SSSR count). The molecule has 0 aliphatic rings. The molecule has 0 aromatic heterocycles. The van der Waals surface area contributed by atoms with E-state index >= 15 is 0 Å². The third-order valence-electron chi connectivity index (χ3n) is 2.50. The summed E-state index contributed by atoms with van der Waals surface area (Å²) in [6.07, 6.45) is 0.743. The average Bonchev–Trinajstić information content (AvgIpc) is 2.37. The van der Waals surface area contributed by atoms with E-state index in [1.54, 1.807) is 32.4 Å². The lowest BCUT2D eigenvalue weighted by atomic mass is 10.1. The van der Waals surface area contributed by atoms with Gasteiger partial charge in [-0.25, -0.2) is 0 Å². The second kappa shape index (κ2) is 6.86. The molecule has 100 valence electrons. The smallest absolute Gasteiger partial charge is 0.251 e. The van der Waals surface area contributed by atoms with Crippen LogP contribution < -0.4 is 20.5 Å². The van der Waals surface area contributed by atoms with Crippen LogP contribution in [-0.4, -0.2) is 32.7 Å². The van der Waals surface area contributed by atoms with Crippen LogP contribution in [0.5, 0.6) is 11.5 Å². The maximum absolute atomic E-state index is 11.9. The lowest BCUT2D eigenvalue weighted by Crippen LogP contribution is -2.28. The topological polar surface area (TPSA) is 73.6 Å². The van der Waals surface area contributed by atoms with E-state index in [-0.39, 0.29) is 11.9 Å². The zero-order valence-electron chi connectivity index (χ0n) is 11.0. The number of hydrogen-bond acceptors (Lipinski definition) is 4. The number of amides is 1. The van der Waals surface area contributed by atoms with Crippen LogP contribution in [0, 0.1) is 0 Å². The number of nitrogens with two attached hydrogens (primary N) is 1. The quantitative estimate of drug-likeness (QED) is 0.797. The van der Waals surface area contributed by atoms with E-state index in [9.17, 15) is 4.79 Å².